The van der Waals surface area contributed by atoms with Crippen molar-refractivity contribution in [3.05, 3.63) is 9.67 Å². The molecule has 0 heterocycles. The zero-order chi connectivity index (χ0) is 19.2. The summed E-state index contributed by atoms with van der Waals surface area (Å²) in [5.41, 5.74) is -0.913. The predicted molar refractivity (Wildman–Crippen MR) is 117 cm³/mol. The van der Waals surface area contributed by atoms with E-state index in [2.05, 4.69) is 38.7 Å². The van der Waals surface area contributed by atoms with Crippen molar-refractivity contribution in [2.24, 2.45) is 0 Å². The molecule has 0 saturated carbocycles. The van der Waals surface area contributed by atoms with E-state index in [0.29, 0.717) is 5.88 Å². The van der Waals surface area contributed by atoms with Gasteiger partial charge in [-0.3, -0.25) is 0 Å². The molecule has 0 unspecified atom stereocenters. The molecule has 0 aliphatic heterocycles. The van der Waals surface area contributed by atoms with E-state index in [4.69, 9.17) is 11.6 Å². The number of rotatable bonds is 13. The van der Waals surface area contributed by atoms with Crippen LogP contribution < -0.4 is 0 Å². The Bertz CT molecular complexity index is 404. The van der Waals surface area contributed by atoms with Gasteiger partial charge in [-0.1, -0.05) is 0 Å². The van der Waals surface area contributed by atoms with Crippen LogP contribution >= 0.6 is 11.6 Å². The van der Waals surface area contributed by atoms with Crippen molar-refractivity contribution in [1.29, 1.82) is 0 Å². The average Bonchev–Trinajstić information content (AvgIpc) is 2.57. The van der Waals surface area contributed by atoms with E-state index in [1.54, 1.807) is 13.8 Å². The molecule has 0 aliphatic carbocycles. The standard InChI is InChI=1S/C10H14ClO.3C4H9.Sn/c1-10(2,12)8-6-4-3-5-7-9-11;3*1-3-4-2;/h3,12H,5,7,9H2,1-2H3;3*1,3-4H2,2H3;. The Labute approximate surface area is 166 Å². The summed E-state index contributed by atoms with van der Waals surface area (Å²) in [6.45, 7) is 10.5. The third kappa shape index (κ3) is 11.6. The average molecular weight is 476 g/mol. The fraction of sp³-hybridized carbons (Fsp3) is 0.818. The van der Waals surface area contributed by atoms with Crippen LogP contribution in [0.25, 0.3) is 0 Å². The molecule has 0 amide bonds. The first-order chi connectivity index (χ1) is 11.8. The fourth-order valence-corrected chi connectivity index (χ4v) is 19.3. The first-order valence-corrected chi connectivity index (χ1v) is 18.4. The number of hydrogen-bond acceptors (Lipinski definition) is 1. The van der Waals surface area contributed by atoms with Crippen molar-refractivity contribution in [2.45, 2.75) is 105 Å². The van der Waals surface area contributed by atoms with Crippen molar-refractivity contribution < 1.29 is 5.11 Å². The summed E-state index contributed by atoms with van der Waals surface area (Å²) in [6.07, 6.45) is 12.3. The predicted octanol–water partition coefficient (Wildman–Crippen LogP) is 7.09. The van der Waals surface area contributed by atoms with Gasteiger partial charge in [0.15, 0.2) is 0 Å². The molecule has 0 rings (SSSR count). The van der Waals surface area contributed by atoms with Crippen LogP contribution in [0.4, 0.5) is 0 Å². The van der Waals surface area contributed by atoms with Gasteiger partial charge in [-0.25, -0.2) is 0 Å². The Morgan fingerprint density at radius 3 is 1.80 bits per heavy atom. The van der Waals surface area contributed by atoms with Gasteiger partial charge in [-0.05, 0) is 0 Å². The summed E-state index contributed by atoms with van der Waals surface area (Å²) in [6, 6.07) is 0. The molecule has 3 heteroatoms. The van der Waals surface area contributed by atoms with Gasteiger partial charge < -0.3 is 0 Å². The molecule has 0 aromatic rings. The summed E-state index contributed by atoms with van der Waals surface area (Å²) < 4.78 is 5.71. The minimum atomic E-state index is -2.51. The summed E-state index contributed by atoms with van der Waals surface area (Å²) in [4.78, 5) is 0. The van der Waals surface area contributed by atoms with E-state index in [9.17, 15) is 5.11 Å². The van der Waals surface area contributed by atoms with Crippen LogP contribution in [0.1, 0.15) is 86.0 Å². The molecule has 0 atom stereocenters. The molecule has 0 aromatic carbocycles. The van der Waals surface area contributed by atoms with Gasteiger partial charge in [0.2, 0.25) is 0 Å². The van der Waals surface area contributed by atoms with Crippen LogP contribution in [0.2, 0.25) is 13.3 Å². The normalized spacial score (nSPS) is 12.8. The number of aliphatic hydroxyl groups is 1. The van der Waals surface area contributed by atoms with Crippen molar-refractivity contribution in [2.75, 3.05) is 5.88 Å². The van der Waals surface area contributed by atoms with Crippen LogP contribution in [-0.4, -0.2) is 35.0 Å². The first-order valence-electron chi connectivity index (χ1n) is 10.4. The topological polar surface area (TPSA) is 20.2 Å². The van der Waals surface area contributed by atoms with E-state index in [0.717, 1.165) is 12.8 Å². The molecule has 0 aromatic heterocycles. The van der Waals surface area contributed by atoms with Crippen LogP contribution in [-0.2, 0) is 0 Å². The van der Waals surface area contributed by atoms with Crippen LogP contribution in [0, 0.1) is 11.8 Å². The summed E-state index contributed by atoms with van der Waals surface area (Å²) in [5, 5.41) is 10.1. The number of alkyl halides is 1. The van der Waals surface area contributed by atoms with Crippen LogP contribution in [0.5, 0.6) is 0 Å². The number of hydrogen-bond donors (Lipinski definition) is 1. The SMILES string of the molecule is CCC[CH2][Sn]([CH2]CCC)([CH2]CCC)/[C](C#CC(C)(C)O)=C\CCCCl. The third-order valence-corrected chi connectivity index (χ3v) is 20.5. The summed E-state index contributed by atoms with van der Waals surface area (Å²) >= 11 is 3.40. The molecule has 0 saturated heterocycles. The van der Waals surface area contributed by atoms with Gasteiger partial charge in [-0.2, -0.15) is 0 Å². The zero-order valence-electron chi connectivity index (χ0n) is 17.4. The van der Waals surface area contributed by atoms with E-state index < -0.39 is 24.0 Å². The Morgan fingerprint density at radius 1 is 0.960 bits per heavy atom. The summed E-state index contributed by atoms with van der Waals surface area (Å²) in [7, 11) is 0. The van der Waals surface area contributed by atoms with Crippen molar-refractivity contribution >= 4 is 30.0 Å². The number of halogens is 1. The van der Waals surface area contributed by atoms with Gasteiger partial charge in [0, 0.05) is 0 Å². The Hall–Kier alpha value is 0.349. The first kappa shape index (κ1) is 25.3. The molecule has 0 radical (unpaired) electrons. The second kappa shape index (κ2) is 14.4. The maximum atomic E-state index is 10.1. The monoisotopic (exact) mass is 476 g/mol. The second-order valence-electron chi connectivity index (χ2n) is 7.85. The van der Waals surface area contributed by atoms with Crippen molar-refractivity contribution in [3.8, 4) is 11.8 Å². The molecule has 0 fully saturated rings. The molecule has 0 spiro atoms. The fourth-order valence-electron chi connectivity index (χ4n) is 3.27. The van der Waals surface area contributed by atoms with Crippen LogP contribution in [0.15, 0.2) is 9.67 Å². The maximum absolute atomic E-state index is 10.1. The third-order valence-electron chi connectivity index (χ3n) is 4.79. The van der Waals surface area contributed by atoms with Gasteiger partial charge in [0.25, 0.3) is 0 Å². The molecular formula is C22H41ClOSn. The minimum absolute atomic E-state index is 0.712. The van der Waals surface area contributed by atoms with Gasteiger partial charge in [0.05, 0.1) is 0 Å². The molecular weight excluding hydrogens is 434 g/mol. The summed E-state index contributed by atoms with van der Waals surface area (Å²) in [5.74, 6) is 7.35. The van der Waals surface area contributed by atoms with Crippen LogP contribution in [0.3, 0.4) is 0 Å². The quantitative estimate of drug-likeness (QED) is 0.130. The molecule has 0 aliphatic rings. The number of unbranched alkanes of at least 4 members (excludes halogenated alkanes) is 4. The Kier molecular flexibility index (Phi) is 14.6. The van der Waals surface area contributed by atoms with E-state index in [1.807, 2.05) is 0 Å². The Morgan fingerprint density at radius 2 is 1.44 bits per heavy atom. The molecule has 1 nitrogen and oxygen atoms in total. The van der Waals surface area contributed by atoms with Gasteiger partial charge >= 0.3 is 167 Å². The Balaban J connectivity index is 5.84. The van der Waals surface area contributed by atoms with E-state index in [-0.39, 0.29) is 0 Å². The molecule has 1 N–H and O–H groups in total. The van der Waals surface area contributed by atoms with Gasteiger partial charge in [0.1, 0.15) is 0 Å². The van der Waals surface area contributed by atoms with Crippen molar-refractivity contribution in [3.63, 3.8) is 0 Å². The molecule has 25 heavy (non-hydrogen) atoms. The molecule has 0 bridgehead atoms. The number of allylic oxidation sites excluding steroid dienone is 2. The van der Waals surface area contributed by atoms with E-state index >= 15 is 0 Å². The second-order valence-corrected chi connectivity index (χ2v) is 21.4. The molecule has 146 valence electrons. The van der Waals surface area contributed by atoms with E-state index in [1.165, 1.54) is 55.4 Å². The van der Waals surface area contributed by atoms with Gasteiger partial charge in [-0.15, -0.1) is 0 Å². The van der Waals surface area contributed by atoms with Crippen molar-refractivity contribution in [1.82, 2.24) is 0 Å². The zero-order valence-corrected chi connectivity index (χ0v) is 21.0.